The number of rotatable bonds is 5. The predicted molar refractivity (Wildman–Crippen MR) is 82.8 cm³/mol. The zero-order chi connectivity index (χ0) is 14.7. The van der Waals surface area contributed by atoms with Gasteiger partial charge in [-0.1, -0.05) is 0 Å². The third-order valence-electron chi connectivity index (χ3n) is 3.83. The third-order valence-corrected chi connectivity index (χ3v) is 4.66. The standard InChI is InChI=1S/C15H25N3OS/c1-11(2)18-8-13(5-6-15(18)19)7-17(4)9-14-10-20-12(3)16-14/h10-11,13H,5-9H2,1-4H3. The van der Waals surface area contributed by atoms with Gasteiger partial charge in [0.1, 0.15) is 0 Å². The number of hydrogen-bond donors (Lipinski definition) is 0. The Labute approximate surface area is 125 Å². The van der Waals surface area contributed by atoms with Crippen molar-refractivity contribution in [1.29, 1.82) is 0 Å². The number of carbonyl (C=O) groups excluding carboxylic acids is 1. The molecule has 1 aromatic rings. The average Bonchev–Trinajstić information content (AvgIpc) is 2.76. The summed E-state index contributed by atoms with van der Waals surface area (Å²) in [5, 5.41) is 3.26. The molecule has 0 aromatic carbocycles. The number of aromatic nitrogens is 1. The Kier molecular flexibility index (Phi) is 5.16. The van der Waals surface area contributed by atoms with Gasteiger partial charge in [0.05, 0.1) is 10.7 Å². The summed E-state index contributed by atoms with van der Waals surface area (Å²) in [4.78, 5) is 20.7. The van der Waals surface area contributed by atoms with Gasteiger partial charge in [0, 0.05) is 37.5 Å². The molecular weight excluding hydrogens is 270 g/mol. The molecule has 0 saturated carbocycles. The van der Waals surface area contributed by atoms with E-state index in [2.05, 4.69) is 36.2 Å². The Bertz CT molecular complexity index is 458. The first-order valence-electron chi connectivity index (χ1n) is 7.34. The van der Waals surface area contributed by atoms with E-state index in [4.69, 9.17) is 0 Å². The molecule has 0 radical (unpaired) electrons. The second-order valence-electron chi connectivity index (χ2n) is 6.10. The maximum Gasteiger partial charge on any atom is 0.222 e. The fraction of sp³-hybridized carbons (Fsp3) is 0.733. The molecule has 20 heavy (non-hydrogen) atoms. The lowest BCUT2D eigenvalue weighted by atomic mass is 9.96. The van der Waals surface area contributed by atoms with Crippen molar-refractivity contribution < 1.29 is 4.79 Å². The molecule has 1 aromatic heterocycles. The molecule has 1 aliphatic rings. The average molecular weight is 295 g/mol. The van der Waals surface area contributed by atoms with Crippen LogP contribution in [-0.4, -0.2) is 46.9 Å². The second kappa shape index (κ2) is 6.68. The van der Waals surface area contributed by atoms with Gasteiger partial charge in [0.25, 0.3) is 0 Å². The van der Waals surface area contributed by atoms with Gasteiger partial charge < -0.3 is 9.80 Å². The summed E-state index contributed by atoms with van der Waals surface area (Å²) < 4.78 is 0. The number of hydrogen-bond acceptors (Lipinski definition) is 4. The summed E-state index contributed by atoms with van der Waals surface area (Å²) in [7, 11) is 2.14. The fourth-order valence-corrected chi connectivity index (χ4v) is 3.46. The number of thiazole rings is 1. The number of carbonyl (C=O) groups is 1. The summed E-state index contributed by atoms with van der Waals surface area (Å²) in [5.74, 6) is 0.897. The van der Waals surface area contributed by atoms with Crippen LogP contribution in [0.25, 0.3) is 0 Å². The van der Waals surface area contributed by atoms with Crippen LogP contribution in [0.3, 0.4) is 0 Å². The zero-order valence-electron chi connectivity index (χ0n) is 12.9. The molecule has 1 aliphatic heterocycles. The highest BCUT2D eigenvalue weighted by molar-refractivity contribution is 7.09. The largest absolute Gasteiger partial charge is 0.340 e. The molecule has 1 saturated heterocycles. The lowest BCUT2D eigenvalue weighted by Crippen LogP contribution is -2.46. The zero-order valence-corrected chi connectivity index (χ0v) is 13.7. The van der Waals surface area contributed by atoms with Gasteiger partial charge in [-0.15, -0.1) is 11.3 Å². The van der Waals surface area contributed by atoms with Gasteiger partial charge >= 0.3 is 0 Å². The van der Waals surface area contributed by atoms with Crippen molar-refractivity contribution in [3.63, 3.8) is 0 Å². The topological polar surface area (TPSA) is 36.4 Å². The fourth-order valence-electron chi connectivity index (χ4n) is 2.85. The van der Waals surface area contributed by atoms with Gasteiger partial charge in [-0.3, -0.25) is 4.79 Å². The van der Waals surface area contributed by atoms with E-state index in [0.717, 1.165) is 36.8 Å². The molecule has 0 bridgehead atoms. The van der Waals surface area contributed by atoms with Crippen LogP contribution in [0.1, 0.15) is 37.4 Å². The van der Waals surface area contributed by atoms with Gasteiger partial charge in [0.2, 0.25) is 5.91 Å². The minimum Gasteiger partial charge on any atom is -0.340 e. The quantitative estimate of drug-likeness (QED) is 0.837. The number of nitrogens with zero attached hydrogens (tertiary/aromatic N) is 3. The van der Waals surface area contributed by atoms with Crippen molar-refractivity contribution in [2.75, 3.05) is 20.1 Å². The minimum atomic E-state index is 0.314. The van der Waals surface area contributed by atoms with Crippen LogP contribution in [0.4, 0.5) is 0 Å². The second-order valence-corrected chi connectivity index (χ2v) is 7.16. The van der Waals surface area contributed by atoms with Crippen LogP contribution in [0.5, 0.6) is 0 Å². The van der Waals surface area contributed by atoms with E-state index in [1.807, 2.05) is 11.8 Å². The molecule has 1 fully saturated rings. The molecule has 1 atom stereocenters. The van der Waals surface area contributed by atoms with Crippen LogP contribution in [-0.2, 0) is 11.3 Å². The van der Waals surface area contributed by atoms with Crippen molar-refractivity contribution >= 4 is 17.2 Å². The Balaban J connectivity index is 1.85. The molecule has 5 heteroatoms. The summed E-state index contributed by atoms with van der Waals surface area (Å²) >= 11 is 1.71. The number of aryl methyl sites for hydroxylation is 1. The van der Waals surface area contributed by atoms with Gasteiger partial charge in [0.15, 0.2) is 0 Å². The first-order chi connectivity index (χ1) is 9.45. The SMILES string of the molecule is Cc1nc(CN(C)CC2CCC(=O)N(C(C)C)C2)cs1. The lowest BCUT2D eigenvalue weighted by Gasteiger charge is -2.36. The van der Waals surface area contributed by atoms with Crippen LogP contribution < -0.4 is 0 Å². The first kappa shape index (κ1) is 15.4. The van der Waals surface area contributed by atoms with Crippen molar-refractivity contribution in [3.05, 3.63) is 16.1 Å². The summed E-state index contributed by atoms with van der Waals surface area (Å²) in [6, 6.07) is 0.316. The number of piperidine rings is 1. The van der Waals surface area contributed by atoms with E-state index >= 15 is 0 Å². The molecule has 0 N–H and O–H groups in total. The van der Waals surface area contributed by atoms with E-state index in [1.165, 1.54) is 0 Å². The highest BCUT2D eigenvalue weighted by Gasteiger charge is 2.27. The maximum absolute atomic E-state index is 11.9. The molecule has 1 amide bonds. The summed E-state index contributed by atoms with van der Waals surface area (Å²) in [5.41, 5.74) is 1.16. The van der Waals surface area contributed by atoms with Gasteiger partial charge in [-0.05, 0) is 40.2 Å². The Morgan fingerprint density at radius 2 is 2.30 bits per heavy atom. The maximum atomic E-state index is 11.9. The van der Waals surface area contributed by atoms with E-state index in [-0.39, 0.29) is 0 Å². The highest BCUT2D eigenvalue weighted by Crippen LogP contribution is 2.21. The Morgan fingerprint density at radius 1 is 1.55 bits per heavy atom. The molecule has 0 aliphatic carbocycles. The number of amides is 1. The number of likely N-dealkylation sites (tertiary alicyclic amines) is 1. The Hall–Kier alpha value is -0.940. The molecule has 112 valence electrons. The molecule has 2 heterocycles. The Morgan fingerprint density at radius 3 is 2.90 bits per heavy atom. The molecule has 4 nitrogen and oxygen atoms in total. The van der Waals surface area contributed by atoms with E-state index < -0.39 is 0 Å². The molecule has 1 unspecified atom stereocenters. The summed E-state index contributed by atoms with van der Waals surface area (Å²) in [6.45, 7) is 9.08. The van der Waals surface area contributed by atoms with Gasteiger partial charge in [-0.2, -0.15) is 0 Å². The van der Waals surface area contributed by atoms with E-state index in [9.17, 15) is 4.79 Å². The third kappa shape index (κ3) is 4.03. The van der Waals surface area contributed by atoms with Crippen molar-refractivity contribution in [2.45, 2.75) is 46.2 Å². The van der Waals surface area contributed by atoms with Gasteiger partial charge in [-0.25, -0.2) is 4.98 Å². The molecule has 0 spiro atoms. The van der Waals surface area contributed by atoms with E-state index in [1.54, 1.807) is 11.3 Å². The monoisotopic (exact) mass is 295 g/mol. The smallest absolute Gasteiger partial charge is 0.222 e. The van der Waals surface area contributed by atoms with Crippen molar-refractivity contribution in [1.82, 2.24) is 14.8 Å². The van der Waals surface area contributed by atoms with Crippen LogP contribution >= 0.6 is 11.3 Å². The summed E-state index contributed by atoms with van der Waals surface area (Å²) in [6.07, 6.45) is 1.72. The lowest BCUT2D eigenvalue weighted by molar-refractivity contribution is -0.136. The molecule has 2 rings (SSSR count). The van der Waals surface area contributed by atoms with Crippen LogP contribution in [0.2, 0.25) is 0 Å². The minimum absolute atomic E-state index is 0.314. The predicted octanol–water partition coefficient (Wildman–Crippen LogP) is 2.53. The van der Waals surface area contributed by atoms with Crippen LogP contribution in [0.15, 0.2) is 5.38 Å². The molecular formula is C15H25N3OS. The van der Waals surface area contributed by atoms with Crippen molar-refractivity contribution in [2.24, 2.45) is 5.92 Å². The first-order valence-corrected chi connectivity index (χ1v) is 8.22. The normalized spacial score (nSPS) is 20.2. The van der Waals surface area contributed by atoms with Crippen LogP contribution in [0, 0.1) is 12.8 Å². The highest BCUT2D eigenvalue weighted by atomic mass is 32.1. The van der Waals surface area contributed by atoms with Crippen molar-refractivity contribution in [3.8, 4) is 0 Å². The van der Waals surface area contributed by atoms with E-state index in [0.29, 0.717) is 24.3 Å².